The fourth-order valence-electron chi connectivity index (χ4n) is 2.02. The lowest BCUT2D eigenvalue weighted by Gasteiger charge is -2.17. The predicted molar refractivity (Wildman–Crippen MR) is 72.1 cm³/mol. The minimum atomic E-state index is -0.470. The van der Waals surface area contributed by atoms with E-state index in [9.17, 15) is 9.59 Å². The fraction of sp³-hybridized carbons (Fsp3) is 0.286. The van der Waals surface area contributed by atoms with Crippen LogP contribution in [0, 0.1) is 18.3 Å². The van der Waals surface area contributed by atoms with E-state index in [-0.39, 0.29) is 11.8 Å². The van der Waals surface area contributed by atoms with Crippen LogP contribution in [0.15, 0.2) is 18.2 Å². The van der Waals surface area contributed by atoms with Crippen LogP contribution < -0.4 is 4.90 Å². The highest BCUT2D eigenvalue weighted by Crippen LogP contribution is 2.31. The smallest absolute Gasteiger partial charge is 0.337 e. The van der Waals surface area contributed by atoms with Gasteiger partial charge in [0, 0.05) is 18.9 Å². The Hall–Kier alpha value is -1.99. The van der Waals surface area contributed by atoms with Gasteiger partial charge in [-0.25, -0.2) is 4.79 Å². The highest BCUT2D eigenvalue weighted by Gasteiger charge is 2.30. The van der Waals surface area contributed by atoms with Crippen LogP contribution >= 0.6 is 11.6 Å². The molecule has 1 aromatic carbocycles. The van der Waals surface area contributed by atoms with Crippen molar-refractivity contribution in [2.45, 2.75) is 6.42 Å². The minimum absolute atomic E-state index is 0.0596. The molecular formula is C14H12ClNO3. The molecule has 1 saturated heterocycles. The number of methoxy groups -OCH3 is 1. The van der Waals surface area contributed by atoms with Crippen LogP contribution in [0.5, 0.6) is 0 Å². The number of hydrogen-bond donors (Lipinski definition) is 0. The number of benzene rings is 1. The number of terminal acetylenes is 1. The lowest BCUT2D eigenvalue weighted by Crippen LogP contribution is -2.24. The summed E-state index contributed by atoms with van der Waals surface area (Å²) in [6.07, 6.45) is 5.66. The quantitative estimate of drug-likeness (QED) is 0.614. The van der Waals surface area contributed by atoms with Gasteiger partial charge in [0.25, 0.3) is 0 Å². The Balaban J connectivity index is 2.30. The second-order valence-electron chi connectivity index (χ2n) is 4.23. The van der Waals surface area contributed by atoms with Crippen LogP contribution in [0.3, 0.4) is 0 Å². The summed E-state index contributed by atoms with van der Waals surface area (Å²) in [6.45, 7) is 0.451. The van der Waals surface area contributed by atoms with E-state index in [4.69, 9.17) is 18.0 Å². The average molecular weight is 278 g/mol. The molecule has 98 valence electrons. The number of halogens is 1. The SMILES string of the molecule is C#CC1CC(=O)N(c2ccc(C(=O)OC)cc2Cl)C1. The van der Waals surface area contributed by atoms with E-state index in [1.807, 2.05) is 0 Å². The summed E-state index contributed by atoms with van der Waals surface area (Å²) >= 11 is 6.11. The van der Waals surface area contributed by atoms with E-state index in [0.717, 1.165) is 0 Å². The first-order valence-corrected chi connectivity index (χ1v) is 6.09. The van der Waals surface area contributed by atoms with Gasteiger partial charge in [-0.05, 0) is 18.2 Å². The Bertz CT molecular complexity index is 577. The molecule has 0 N–H and O–H groups in total. The molecule has 0 spiro atoms. The van der Waals surface area contributed by atoms with Crippen molar-refractivity contribution in [2.75, 3.05) is 18.6 Å². The summed E-state index contributed by atoms with van der Waals surface area (Å²) in [5.74, 6) is 1.95. The van der Waals surface area contributed by atoms with Crippen molar-refractivity contribution in [1.29, 1.82) is 0 Å². The van der Waals surface area contributed by atoms with Crippen molar-refractivity contribution in [3.63, 3.8) is 0 Å². The van der Waals surface area contributed by atoms with Crippen molar-refractivity contribution in [1.82, 2.24) is 0 Å². The van der Waals surface area contributed by atoms with Crippen molar-refractivity contribution in [3.8, 4) is 12.3 Å². The lowest BCUT2D eigenvalue weighted by molar-refractivity contribution is -0.117. The molecule has 5 heteroatoms. The molecule has 1 aliphatic rings. The Morgan fingerprint density at radius 2 is 2.32 bits per heavy atom. The third-order valence-electron chi connectivity index (χ3n) is 3.02. The zero-order valence-electron chi connectivity index (χ0n) is 10.4. The number of amides is 1. The molecule has 1 heterocycles. The standard InChI is InChI=1S/C14H12ClNO3/c1-3-9-6-13(17)16(8-9)12-5-4-10(7-11(12)15)14(18)19-2/h1,4-5,7,9H,6,8H2,2H3. The third-order valence-corrected chi connectivity index (χ3v) is 3.32. The second-order valence-corrected chi connectivity index (χ2v) is 4.64. The number of esters is 1. The molecule has 0 radical (unpaired) electrons. The van der Waals surface area contributed by atoms with Crippen LogP contribution in [0.4, 0.5) is 5.69 Å². The minimum Gasteiger partial charge on any atom is -0.465 e. The second kappa shape index (κ2) is 5.33. The van der Waals surface area contributed by atoms with Crippen molar-refractivity contribution in [2.24, 2.45) is 5.92 Å². The molecule has 1 unspecified atom stereocenters. The first-order valence-electron chi connectivity index (χ1n) is 5.71. The summed E-state index contributed by atoms with van der Waals surface area (Å²) < 4.78 is 4.61. The maximum Gasteiger partial charge on any atom is 0.337 e. The monoisotopic (exact) mass is 277 g/mol. The number of nitrogens with zero attached hydrogens (tertiary/aromatic N) is 1. The predicted octanol–water partition coefficient (Wildman–Crippen LogP) is 2.11. The number of carbonyl (C=O) groups excluding carboxylic acids is 2. The Morgan fingerprint density at radius 1 is 1.58 bits per heavy atom. The molecule has 0 saturated carbocycles. The normalized spacial score (nSPS) is 18.3. The van der Waals surface area contributed by atoms with E-state index in [0.29, 0.717) is 29.2 Å². The van der Waals surface area contributed by atoms with Gasteiger partial charge in [-0.3, -0.25) is 4.79 Å². The molecule has 0 bridgehead atoms. The third kappa shape index (κ3) is 2.56. The van der Waals surface area contributed by atoms with E-state index >= 15 is 0 Å². The number of anilines is 1. The van der Waals surface area contributed by atoms with Crippen molar-refractivity contribution in [3.05, 3.63) is 28.8 Å². The number of hydrogen-bond acceptors (Lipinski definition) is 3. The number of ether oxygens (including phenoxy) is 1. The Morgan fingerprint density at radius 3 is 2.84 bits per heavy atom. The molecule has 0 aromatic heterocycles. The molecule has 2 rings (SSSR count). The first kappa shape index (κ1) is 13.4. The summed E-state index contributed by atoms with van der Waals surface area (Å²) in [6, 6.07) is 4.69. The Labute approximate surface area is 116 Å². The van der Waals surface area contributed by atoms with E-state index < -0.39 is 5.97 Å². The maximum atomic E-state index is 11.9. The van der Waals surface area contributed by atoms with Gasteiger partial charge in [0.2, 0.25) is 5.91 Å². The highest BCUT2D eigenvalue weighted by molar-refractivity contribution is 6.34. The number of rotatable bonds is 2. The van der Waals surface area contributed by atoms with E-state index in [1.165, 1.54) is 13.2 Å². The van der Waals surface area contributed by atoms with Crippen LogP contribution in [0.1, 0.15) is 16.8 Å². The average Bonchev–Trinajstić information content (AvgIpc) is 2.79. The molecule has 1 amide bonds. The molecule has 1 aliphatic heterocycles. The van der Waals surface area contributed by atoms with Gasteiger partial charge in [-0.15, -0.1) is 12.3 Å². The summed E-state index contributed by atoms with van der Waals surface area (Å²) in [5.41, 5.74) is 0.911. The molecule has 4 nitrogen and oxygen atoms in total. The van der Waals surface area contributed by atoms with Gasteiger partial charge in [0.1, 0.15) is 0 Å². The molecule has 19 heavy (non-hydrogen) atoms. The topological polar surface area (TPSA) is 46.6 Å². The summed E-state index contributed by atoms with van der Waals surface area (Å²) in [5, 5.41) is 0.328. The van der Waals surface area contributed by atoms with Crippen LogP contribution in [0.25, 0.3) is 0 Å². The highest BCUT2D eigenvalue weighted by atomic mass is 35.5. The summed E-state index contributed by atoms with van der Waals surface area (Å²) in [7, 11) is 1.30. The van der Waals surface area contributed by atoms with E-state index in [1.54, 1.807) is 17.0 Å². The molecule has 1 fully saturated rings. The van der Waals surface area contributed by atoms with Gasteiger partial charge in [-0.1, -0.05) is 11.6 Å². The van der Waals surface area contributed by atoms with Gasteiger partial charge >= 0.3 is 5.97 Å². The Kier molecular flexibility index (Phi) is 3.77. The van der Waals surface area contributed by atoms with Crippen LogP contribution in [-0.4, -0.2) is 25.5 Å². The molecular weight excluding hydrogens is 266 g/mol. The fourth-order valence-corrected chi connectivity index (χ4v) is 2.31. The largest absolute Gasteiger partial charge is 0.465 e. The molecule has 1 atom stereocenters. The van der Waals surface area contributed by atoms with Gasteiger partial charge in [-0.2, -0.15) is 0 Å². The van der Waals surface area contributed by atoms with Gasteiger partial charge < -0.3 is 9.64 Å². The summed E-state index contributed by atoms with van der Waals surface area (Å²) in [4.78, 5) is 24.8. The first-order chi connectivity index (χ1) is 9.06. The molecule has 0 aliphatic carbocycles. The van der Waals surface area contributed by atoms with Crippen LogP contribution in [0.2, 0.25) is 5.02 Å². The lowest BCUT2D eigenvalue weighted by atomic mass is 10.1. The van der Waals surface area contributed by atoms with Gasteiger partial charge in [0.15, 0.2) is 0 Å². The van der Waals surface area contributed by atoms with Crippen molar-refractivity contribution < 1.29 is 14.3 Å². The van der Waals surface area contributed by atoms with E-state index in [2.05, 4.69) is 10.7 Å². The zero-order chi connectivity index (χ0) is 14.0. The van der Waals surface area contributed by atoms with Gasteiger partial charge in [0.05, 0.1) is 23.4 Å². The van der Waals surface area contributed by atoms with Crippen molar-refractivity contribution >= 4 is 29.2 Å². The number of carbonyl (C=O) groups is 2. The van der Waals surface area contributed by atoms with Crippen LogP contribution in [-0.2, 0) is 9.53 Å². The zero-order valence-corrected chi connectivity index (χ0v) is 11.1. The molecule has 1 aromatic rings. The maximum absolute atomic E-state index is 11.9.